The lowest BCUT2D eigenvalue weighted by Crippen LogP contribution is -2.38. The molecule has 0 radical (unpaired) electrons. The molecule has 1 aromatic heterocycles. The van der Waals surface area contributed by atoms with Crippen LogP contribution in [0.4, 0.5) is 0 Å². The Morgan fingerprint density at radius 2 is 2.44 bits per heavy atom. The largest absolute Gasteiger partial charge is 0.359 e. The zero-order valence-electron chi connectivity index (χ0n) is 11.4. The number of aromatic nitrogens is 2. The molecule has 1 amide bonds. The Morgan fingerprint density at radius 3 is 3.06 bits per heavy atom. The van der Waals surface area contributed by atoms with Gasteiger partial charge in [0.05, 0.1) is 17.4 Å². The third kappa shape index (κ3) is 2.56. The van der Waals surface area contributed by atoms with Crippen molar-refractivity contribution < 1.29 is 4.79 Å². The standard InChI is InChI=1S/C13H22N4O/c1-13(2,12(18)14-3)8-17-9-15-7-11(17)10-5-4-6-16-10/h7,9-10,16H,4-6,8H2,1-3H3,(H,14,18)/t10-/m0/s1. The summed E-state index contributed by atoms with van der Waals surface area (Å²) < 4.78 is 2.10. The molecule has 0 aromatic carbocycles. The molecule has 100 valence electrons. The molecule has 1 aliphatic heterocycles. The van der Waals surface area contributed by atoms with Crippen molar-refractivity contribution in [2.75, 3.05) is 13.6 Å². The molecule has 0 spiro atoms. The van der Waals surface area contributed by atoms with E-state index in [1.807, 2.05) is 26.4 Å². The number of nitrogens with zero attached hydrogens (tertiary/aromatic N) is 2. The van der Waals surface area contributed by atoms with E-state index in [4.69, 9.17) is 0 Å². The summed E-state index contributed by atoms with van der Waals surface area (Å²) in [6, 6.07) is 0.382. The van der Waals surface area contributed by atoms with Crippen LogP contribution in [-0.4, -0.2) is 29.1 Å². The van der Waals surface area contributed by atoms with E-state index in [1.54, 1.807) is 7.05 Å². The number of amides is 1. The molecule has 5 heteroatoms. The fraction of sp³-hybridized carbons (Fsp3) is 0.692. The molecule has 1 fully saturated rings. The number of nitrogens with one attached hydrogen (secondary N) is 2. The van der Waals surface area contributed by atoms with E-state index in [-0.39, 0.29) is 5.91 Å². The zero-order valence-corrected chi connectivity index (χ0v) is 11.4. The highest BCUT2D eigenvalue weighted by Gasteiger charge is 2.29. The lowest BCUT2D eigenvalue weighted by Gasteiger charge is -2.25. The predicted molar refractivity (Wildman–Crippen MR) is 70.1 cm³/mol. The van der Waals surface area contributed by atoms with Crippen LogP contribution in [0.15, 0.2) is 12.5 Å². The molecule has 0 saturated carbocycles. The maximum atomic E-state index is 11.8. The van der Waals surface area contributed by atoms with Gasteiger partial charge >= 0.3 is 0 Å². The smallest absolute Gasteiger partial charge is 0.227 e. The second-order valence-electron chi connectivity index (χ2n) is 5.56. The van der Waals surface area contributed by atoms with Crippen LogP contribution in [0, 0.1) is 5.41 Å². The van der Waals surface area contributed by atoms with E-state index in [1.165, 1.54) is 12.1 Å². The van der Waals surface area contributed by atoms with Crippen LogP contribution in [0.2, 0.25) is 0 Å². The summed E-state index contributed by atoms with van der Waals surface area (Å²) in [4.78, 5) is 16.1. The molecular formula is C13H22N4O. The van der Waals surface area contributed by atoms with E-state index in [2.05, 4.69) is 20.2 Å². The number of rotatable bonds is 4. The summed E-state index contributed by atoms with van der Waals surface area (Å²) in [6.07, 6.45) is 6.07. The first-order valence-electron chi connectivity index (χ1n) is 6.50. The van der Waals surface area contributed by atoms with Crippen molar-refractivity contribution in [3.8, 4) is 0 Å². The quantitative estimate of drug-likeness (QED) is 0.840. The molecule has 0 unspecified atom stereocenters. The highest BCUT2D eigenvalue weighted by molar-refractivity contribution is 5.81. The van der Waals surface area contributed by atoms with Gasteiger partial charge in [-0.3, -0.25) is 4.79 Å². The Labute approximate surface area is 108 Å². The van der Waals surface area contributed by atoms with Crippen LogP contribution >= 0.6 is 0 Å². The minimum Gasteiger partial charge on any atom is -0.359 e. The molecule has 2 heterocycles. The molecule has 2 rings (SSSR count). The summed E-state index contributed by atoms with van der Waals surface area (Å²) in [5.74, 6) is 0.0570. The summed E-state index contributed by atoms with van der Waals surface area (Å²) in [5, 5.41) is 6.19. The summed E-state index contributed by atoms with van der Waals surface area (Å²) in [6.45, 7) is 5.63. The molecule has 18 heavy (non-hydrogen) atoms. The van der Waals surface area contributed by atoms with Crippen molar-refractivity contribution in [2.24, 2.45) is 5.41 Å². The van der Waals surface area contributed by atoms with Gasteiger partial charge in [0.25, 0.3) is 0 Å². The lowest BCUT2D eigenvalue weighted by molar-refractivity contribution is -0.129. The van der Waals surface area contributed by atoms with Crippen LogP contribution in [0.1, 0.15) is 38.4 Å². The van der Waals surface area contributed by atoms with Crippen molar-refractivity contribution >= 4 is 5.91 Å². The average Bonchev–Trinajstić information content (AvgIpc) is 2.97. The molecule has 2 N–H and O–H groups in total. The lowest BCUT2D eigenvalue weighted by atomic mass is 9.92. The molecule has 1 aliphatic rings. The van der Waals surface area contributed by atoms with Gasteiger partial charge in [-0.15, -0.1) is 0 Å². The van der Waals surface area contributed by atoms with Gasteiger partial charge in [-0.25, -0.2) is 4.98 Å². The highest BCUT2D eigenvalue weighted by Crippen LogP contribution is 2.26. The Balaban J connectivity index is 2.14. The van der Waals surface area contributed by atoms with Gasteiger partial charge in [0.1, 0.15) is 0 Å². The van der Waals surface area contributed by atoms with E-state index in [0.717, 1.165) is 13.0 Å². The van der Waals surface area contributed by atoms with E-state index in [9.17, 15) is 4.79 Å². The van der Waals surface area contributed by atoms with Gasteiger partial charge in [0, 0.05) is 25.8 Å². The van der Waals surface area contributed by atoms with Crippen molar-refractivity contribution in [1.82, 2.24) is 20.2 Å². The van der Waals surface area contributed by atoms with Crippen molar-refractivity contribution in [2.45, 2.75) is 39.3 Å². The SMILES string of the molecule is CNC(=O)C(C)(C)Cn1cncc1[C@@H]1CCCN1. The van der Waals surface area contributed by atoms with E-state index < -0.39 is 5.41 Å². The molecule has 0 bridgehead atoms. The first kappa shape index (κ1) is 13.1. The van der Waals surface area contributed by atoms with Crippen molar-refractivity contribution in [3.05, 3.63) is 18.2 Å². The van der Waals surface area contributed by atoms with Crippen molar-refractivity contribution in [1.29, 1.82) is 0 Å². The van der Waals surface area contributed by atoms with E-state index in [0.29, 0.717) is 12.6 Å². The Hall–Kier alpha value is -1.36. The maximum Gasteiger partial charge on any atom is 0.227 e. The topological polar surface area (TPSA) is 59.0 Å². The number of hydrogen-bond donors (Lipinski definition) is 2. The van der Waals surface area contributed by atoms with Crippen LogP contribution in [0.5, 0.6) is 0 Å². The Kier molecular flexibility index (Phi) is 3.71. The molecule has 1 aromatic rings. The van der Waals surface area contributed by atoms with Crippen LogP contribution < -0.4 is 10.6 Å². The highest BCUT2D eigenvalue weighted by atomic mass is 16.2. The van der Waals surface area contributed by atoms with Crippen LogP contribution in [0.25, 0.3) is 0 Å². The number of carbonyl (C=O) groups is 1. The molecule has 5 nitrogen and oxygen atoms in total. The fourth-order valence-electron chi connectivity index (χ4n) is 2.53. The van der Waals surface area contributed by atoms with Crippen LogP contribution in [0.3, 0.4) is 0 Å². The molecular weight excluding hydrogens is 228 g/mol. The number of carbonyl (C=O) groups excluding carboxylic acids is 1. The van der Waals surface area contributed by atoms with Gasteiger partial charge in [0.15, 0.2) is 0 Å². The Bertz CT molecular complexity index is 418. The molecule has 1 atom stereocenters. The third-order valence-corrected chi connectivity index (χ3v) is 3.57. The minimum atomic E-state index is -0.428. The molecule has 0 aliphatic carbocycles. The second kappa shape index (κ2) is 5.10. The van der Waals surface area contributed by atoms with Crippen molar-refractivity contribution in [3.63, 3.8) is 0 Å². The average molecular weight is 250 g/mol. The number of imidazole rings is 1. The monoisotopic (exact) mass is 250 g/mol. The summed E-state index contributed by atoms with van der Waals surface area (Å²) in [7, 11) is 1.68. The van der Waals surface area contributed by atoms with Crippen LogP contribution in [-0.2, 0) is 11.3 Å². The molecule has 1 saturated heterocycles. The van der Waals surface area contributed by atoms with Gasteiger partial charge in [-0.1, -0.05) is 0 Å². The number of hydrogen-bond acceptors (Lipinski definition) is 3. The predicted octanol–water partition coefficient (Wildman–Crippen LogP) is 1.08. The van der Waals surface area contributed by atoms with Gasteiger partial charge in [-0.05, 0) is 33.2 Å². The minimum absolute atomic E-state index is 0.0570. The maximum absolute atomic E-state index is 11.8. The first-order chi connectivity index (χ1) is 8.54. The normalized spacial score (nSPS) is 20.1. The first-order valence-corrected chi connectivity index (χ1v) is 6.50. The second-order valence-corrected chi connectivity index (χ2v) is 5.56. The van der Waals surface area contributed by atoms with Gasteiger partial charge < -0.3 is 15.2 Å². The fourth-order valence-corrected chi connectivity index (χ4v) is 2.53. The summed E-state index contributed by atoms with van der Waals surface area (Å²) in [5.41, 5.74) is 0.757. The van der Waals surface area contributed by atoms with E-state index >= 15 is 0 Å². The van der Waals surface area contributed by atoms with Gasteiger partial charge in [-0.2, -0.15) is 0 Å². The third-order valence-electron chi connectivity index (χ3n) is 3.57. The van der Waals surface area contributed by atoms with Gasteiger partial charge in [0.2, 0.25) is 5.91 Å². The summed E-state index contributed by atoms with van der Waals surface area (Å²) >= 11 is 0. The zero-order chi connectivity index (χ0) is 13.2. The Morgan fingerprint density at radius 1 is 1.67 bits per heavy atom.